The number of methoxy groups -OCH3 is 1. The minimum atomic E-state index is -0.453. The first-order chi connectivity index (χ1) is 9.53. The Bertz CT molecular complexity index is 490. The molecule has 2 rings (SSSR count). The largest absolute Gasteiger partial charge is 0.504 e. The maximum absolute atomic E-state index is 12.5. The number of aromatic hydroxyl groups is 1. The Kier molecular flexibility index (Phi) is 4.33. The van der Waals surface area contributed by atoms with Crippen molar-refractivity contribution in [3.63, 3.8) is 0 Å². The summed E-state index contributed by atoms with van der Waals surface area (Å²) in [5.74, 6) is 0.808. The topological polar surface area (TPSA) is 49.8 Å². The van der Waals surface area contributed by atoms with E-state index in [4.69, 9.17) is 4.74 Å². The zero-order valence-electron chi connectivity index (χ0n) is 12.5. The van der Waals surface area contributed by atoms with E-state index in [-0.39, 0.29) is 11.5 Å². The van der Waals surface area contributed by atoms with E-state index in [9.17, 15) is 9.90 Å². The highest BCUT2D eigenvalue weighted by atomic mass is 16.5. The second-order valence-electron chi connectivity index (χ2n) is 5.55. The lowest BCUT2D eigenvalue weighted by Crippen LogP contribution is -2.45. The molecule has 4 heteroatoms. The van der Waals surface area contributed by atoms with Crippen LogP contribution in [0.25, 0.3) is 0 Å². The quantitative estimate of drug-likeness (QED) is 0.917. The molecule has 0 aromatic heterocycles. The molecule has 1 aliphatic heterocycles. The van der Waals surface area contributed by atoms with E-state index >= 15 is 0 Å². The molecular formula is C16H23NO3. The van der Waals surface area contributed by atoms with Crippen LogP contribution in [0.1, 0.15) is 31.7 Å². The number of likely N-dealkylation sites (tertiary alicyclic amines) is 1. The zero-order chi connectivity index (χ0) is 14.8. The van der Waals surface area contributed by atoms with Gasteiger partial charge in [0.15, 0.2) is 11.5 Å². The predicted octanol–water partition coefficient (Wildman–Crippen LogP) is 2.34. The highest BCUT2D eigenvalue weighted by Crippen LogP contribution is 2.40. The van der Waals surface area contributed by atoms with Crippen LogP contribution in [0.15, 0.2) is 18.2 Å². The number of benzene rings is 1. The van der Waals surface area contributed by atoms with Crippen molar-refractivity contribution in [1.82, 2.24) is 4.90 Å². The van der Waals surface area contributed by atoms with E-state index in [2.05, 4.69) is 11.9 Å². The van der Waals surface area contributed by atoms with Crippen LogP contribution in [0.5, 0.6) is 11.5 Å². The van der Waals surface area contributed by atoms with Crippen molar-refractivity contribution in [2.45, 2.75) is 31.6 Å². The van der Waals surface area contributed by atoms with Crippen molar-refractivity contribution in [3.05, 3.63) is 23.8 Å². The van der Waals surface area contributed by atoms with Gasteiger partial charge >= 0.3 is 0 Å². The second kappa shape index (κ2) is 5.83. The number of rotatable bonds is 4. The molecule has 0 bridgehead atoms. The van der Waals surface area contributed by atoms with Gasteiger partial charge in [0.25, 0.3) is 0 Å². The van der Waals surface area contributed by atoms with Crippen molar-refractivity contribution in [2.75, 3.05) is 27.2 Å². The molecule has 20 heavy (non-hydrogen) atoms. The number of ketones is 1. The summed E-state index contributed by atoms with van der Waals surface area (Å²) in [7, 11) is 3.60. The summed E-state index contributed by atoms with van der Waals surface area (Å²) in [6, 6.07) is 5.35. The van der Waals surface area contributed by atoms with E-state index < -0.39 is 5.41 Å². The van der Waals surface area contributed by atoms with Gasteiger partial charge in [-0.15, -0.1) is 0 Å². The van der Waals surface area contributed by atoms with E-state index in [1.807, 2.05) is 13.0 Å². The van der Waals surface area contributed by atoms with Gasteiger partial charge in [0.1, 0.15) is 5.78 Å². The van der Waals surface area contributed by atoms with Crippen molar-refractivity contribution in [2.24, 2.45) is 0 Å². The molecule has 0 aliphatic carbocycles. The van der Waals surface area contributed by atoms with Crippen LogP contribution < -0.4 is 4.74 Å². The van der Waals surface area contributed by atoms with Gasteiger partial charge in [-0.1, -0.05) is 13.0 Å². The summed E-state index contributed by atoms with van der Waals surface area (Å²) in [5.41, 5.74) is 0.459. The number of carbonyl (C=O) groups excluding carboxylic acids is 1. The normalized spacial score (nSPS) is 18.8. The minimum Gasteiger partial charge on any atom is -0.504 e. The first-order valence-corrected chi connectivity index (χ1v) is 7.13. The average Bonchev–Trinajstić information content (AvgIpc) is 2.47. The number of Topliss-reactive ketones (excluding diaryl/α,β-unsaturated/α-hetero) is 1. The lowest BCUT2D eigenvalue weighted by atomic mass is 9.69. The number of carbonyl (C=O) groups is 1. The number of hydrogen-bond acceptors (Lipinski definition) is 4. The molecule has 1 saturated heterocycles. The Labute approximate surface area is 120 Å². The van der Waals surface area contributed by atoms with Gasteiger partial charge in [0, 0.05) is 6.42 Å². The Hall–Kier alpha value is -1.55. The van der Waals surface area contributed by atoms with Crippen molar-refractivity contribution in [3.8, 4) is 11.5 Å². The third-order valence-electron chi connectivity index (χ3n) is 4.43. The van der Waals surface area contributed by atoms with Gasteiger partial charge in [0.2, 0.25) is 0 Å². The number of phenolic OH excluding ortho intramolecular Hbond substituents is 1. The van der Waals surface area contributed by atoms with Crippen molar-refractivity contribution < 1.29 is 14.6 Å². The van der Waals surface area contributed by atoms with Gasteiger partial charge < -0.3 is 14.7 Å². The van der Waals surface area contributed by atoms with E-state index in [1.54, 1.807) is 12.1 Å². The molecule has 0 saturated carbocycles. The van der Waals surface area contributed by atoms with Gasteiger partial charge in [-0.25, -0.2) is 0 Å². The molecule has 1 fully saturated rings. The maximum Gasteiger partial charge on any atom is 0.160 e. The molecule has 1 heterocycles. The summed E-state index contributed by atoms with van der Waals surface area (Å²) in [6.07, 6.45) is 2.14. The summed E-state index contributed by atoms with van der Waals surface area (Å²) in [4.78, 5) is 14.8. The monoisotopic (exact) mass is 277 g/mol. The summed E-state index contributed by atoms with van der Waals surface area (Å²) < 4.78 is 5.08. The fraction of sp³-hybridized carbons (Fsp3) is 0.562. The Morgan fingerprint density at radius 3 is 2.55 bits per heavy atom. The Morgan fingerprint density at radius 2 is 2.05 bits per heavy atom. The first kappa shape index (κ1) is 14.9. The van der Waals surface area contributed by atoms with Gasteiger partial charge in [-0.05, 0) is 50.7 Å². The highest BCUT2D eigenvalue weighted by Gasteiger charge is 2.41. The lowest BCUT2D eigenvalue weighted by molar-refractivity contribution is -0.126. The van der Waals surface area contributed by atoms with E-state index in [1.165, 1.54) is 7.11 Å². The van der Waals surface area contributed by atoms with E-state index in [0.29, 0.717) is 12.2 Å². The van der Waals surface area contributed by atoms with E-state index in [0.717, 1.165) is 31.5 Å². The molecule has 1 aliphatic rings. The number of piperidine rings is 1. The molecule has 1 N–H and O–H groups in total. The fourth-order valence-corrected chi connectivity index (χ4v) is 3.05. The highest BCUT2D eigenvalue weighted by molar-refractivity contribution is 5.90. The van der Waals surface area contributed by atoms with Crippen molar-refractivity contribution in [1.29, 1.82) is 0 Å². The summed E-state index contributed by atoms with van der Waals surface area (Å²) in [6.45, 7) is 3.71. The van der Waals surface area contributed by atoms with Gasteiger partial charge in [0.05, 0.1) is 12.5 Å². The van der Waals surface area contributed by atoms with Crippen LogP contribution in [0.2, 0.25) is 0 Å². The minimum absolute atomic E-state index is 0.104. The number of ether oxygens (including phenoxy) is 1. The van der Waals surface area contributed by atoms with Crippen LogP contribution in [-0.2, 0) is 10.2 Å². The van der Waals surface area contributed by atoms with Crippen LogP contribution in [0.4, 0.5) is 0 Å². The number of hydrogen-bond donors (Lipinski definition) is 1. The molecule has 0 radical (unpaired) electrons. The fourth-order valence-electron chi connectivity index (χ4n) is 3.05. The molecule has 110 valence electrons. The SMILES string of the molecule is CCC(=O)C1(c2ccc(OC)c(O)c2)CCN(C)CC1. The molecule has 1 aromatic rings. The van der Waals surface area contributed by atoms with Crippen molar-refractivity contribution >= 4 is 5.78 Å². The molecule has 0 atom stereocenters. The molecule has 0 spiro atoms. The third kappa shape index (κ3) is 2.52. The number of nitrogens with zero attached hydrogens (tertiary/aromatic N) is 1. The Morgan fingerprint density at radius 1 is 1.40 bits per heavy atom. The smallest absolute Gasteiger partial charge is 0.160 e. The van der Waals surface area contributed by atoms with Gasteiger partial charge in [-0.2, -0.15) is 0 Å². The molecule has 1 aromatic carbocycles. The Balaban J connectivity index is 2.41. The lowest BCUT2D eigenvalue weighted by Gasteiger charge is -2.40. The van der Waals surface area contributed by atoms with Crippen LogP contribution in [-0.4, -0.2) is 43.0 Å². The molecule has 4 nitrogen and oxygen atoms in total. The average molecular weight is 277 g/mol. The second-order valence-corrected chi connectivity index (χ2v) is 5.55. The van der Waals surface area contributed by atoms with Crippen LogP contribution in [0.3, 0.4) is 0 Å². The van der Waals surface area contributed by atoms with Crippen LogP contribution in [0, 0.1) is 0 Å². The third-order valence-corrected chi connectivity index (χ3v) is 4.43. The summed E-state index contributed by atoms with van der Waals surface area (Å²) >= 11 is 0. The summed E-state index contributed by atoms with van der Waals surface area (Å²) in [5, 5.41) is 10.00. The van der Waals surface area contributed by atoms with Gasteiger partial charge in [-0.3, -0.25) is 4.79 Å². The maximum atomic E-state index is 12.5. The molecular weight excluding hydrogens is 254 g/mol. The zero-order valence-corrected chi connectivity index (χ0v) is 12.5. The first-order valence-electron chi connectivity index (χ1n) is 7.13. The molecule has 0 unspecified atom stereocenters. The predicted molar refractivity (Wildman–Crippen MR) is 78.4 cm³/mol. The molecule has 0 amide bonds. The standard InChI is InChI=1S/C16H23NO3/c1-4-15(19)16(7-9-17(2)10-8-16)12-5-6-14(20-3)13(18)11-12/h5-6,11,18H,4,7-10H2,1-3H3. The number of phenols is 1. The van der Waals surface area contributed by atoms with Crippen LogP contribution >= 0.6 is 0 Å².